The molecule has 48 heavy (non-hydrogen) atoms. The SMILES string of the molecule is C=C(F)C(=O)N1CCC(c2c(S(C)(=O)=O)c(=O)n(-c3c(C)ccnc3C(C)C)c3nc(-c4c(O)cccc4F)c(F)cc23)C[C@@H]1CC#N. The summed E-state index contributed by atoms with van der Waals surface area (Å²) in [6.07, 6.45) is 2.07. The first kappa shape index (κ1) is 34.3. The van der Waals surface area contributed by atoms with E-state index in [1.165, 1.54) is 12.3 Å². The first-order chi connectivity index (χ1) is 22.6. The second kappa shape index (κ2) is 12.9. The highest BCUT2D eigenvalue weighted by Gasteiger charge is 2.38. The molecule has 2 atom stereocenters. The number of carbonyl (C=O) groups excluding carboxylic acids is 1. The Morgan fingerprint density at radius 2 is 1.94 bits per heavy atom. The lowest BCUT2D eigenvalue weighted by molar-refractivity contribution is -0.132. The van der Waals surface area contributed by atoms with Gasteiger partial charge in [0.05, 0.1) is 29.4 Å². The topological polar surface area (TPSA) is 146 Å². The summed E-state index contributed by atoms with van der Waals surface area (Å²) in [7, 11) is -4.37. The van der Waals surface area contributed by atoms with E-state index in [9.17, 15) is 32.8 Å². The third-order valence-electron chi connectivity index (χ3n) is 8.57. The van der Waals surface area contributed by atoms with E-state index in [0.717, 1.165) is 33.9 Å². The van der Waals surface area contributed by atoms with Gasteiger partial charge in [-0.25, -0.2) is 26.6 Å². The number of nitriles is 1. The van der Waals surface area contributed by atoms with Gasteiger partial charge in [0.25, 0.3) is 11.5 Å². The van der Waals surface area contributed by atoms with Crippen LogP contribution in [0.25, 0.3) is 28.0 Å². The van der Waals surface area contributed by atoms with E-state index >= 15 is 8.78 Å². The van der Waals surface area contributed by atoms with Crippen molar-refractivity contribution in [1.82, 2.24) is 19.4 Å². The van der Waals surface area contributed by atoms with Crippen LogP contribution in [0.1, 0.15) is 61.8 Å². The van der Waals surface area contributed by atoms with E-state index in [1.54, 1.807) is 13.0 Å². The van der Waals surface area contributed by atoms with Gasteiger partial charge in [-0.15, -0.1) is 0 Å². The van der Waals surface area contributed by atoms with Gasteiger partial charge in [-0.05, 0) is 67.0 Å². The quantitative estimate of drug-likeness (QED) is 0.244. The number of hydrogen-bond acceptors (Lipinski definition) is 8. The lowest BCUT2D eigenvalue weighted by Crippen LogP contribution is -2.46. The van der Waals surface area contributed by atoms with Crippen LogP contribution in [0.15, 0.2) is 58.6 Å². The van der Waals surface area contributed by atoms with Crippen LogP contribution in [-0.2, 0) is 14.6 Å². The number of aromatic nitrogens is 3. The van der Waals surface area contributed by atoms with Crippen LogP contribution in [0.2, 0.25) is 0 Å². The van der Waals surface area contributed by atoms with E-state index in [-0.39, 0.29) is 54.0 Å². The lowest BCUT2D eigenvalue weighted by atomic mass is 9.83. The van der Waals surface area contributed by atoms with Gasteiger partial charge in [-0.2, -0.15) is 5.26 Å². The number of carbonyl (C=O) groups is 1. The summed E-state index contributed by atoms with van der Waals surface area (Å²) >= 11 is 0. The Morgan fingerprint density at radius 1 is 1.23 bits per heavy atom. The first-order valence-electron chi connectivity index (χ1n) is 15.0. The van der Waals surface area contributed by atoms with Gasteiger partial charge in [0, 0.05) is 30.4 Å². The maximum Gasteiger partial charge on any atom is 0.282 e. The average Bonchev–Trinajstić information content (AvgIpc) is 3.00. The molecule has 0 radical (unpaired) electrons. The van der Waals surface area contributed by atoms with Gasteiger partial charge >= 0.3 is 0 Å². The fourth-order valence-electron chi connectivity index (χ4n) is 6.50. The molecule has 1 amide bonds. The molecule has 1 unspecified atom stereocenters. The maximum atomic E-state index is 16.2. The zero-order valence-electron chi connectivity index (χ0n) is 26.6. The monoisotopic (exact) mass is 679 g/mol. The molecule has 1 aliphatic rings. The van der Waals surface area contributed by atoms with Gasteiger partial charge in [-0.1, -0.05) is 26.5 Å². The molecule has 0 bridgehead atoms. The molecule has 1 fully saturated rings. The lowest BCUT2D eigenvalue weighted by Gasteiger charge is -2.39. The van der Waals surface area contributed by atoms with Crippen molar-refractivity contribution in [3.05, 3.63) is 87.7 Å². The summed E-state index contributed by atoms with van der Waals surface area (Å²) < 4.78 is 73.4. The number of piperidine rings is 1. The molecule has 0 spiro atoms. The number of likely N-dealkylation sites (tertiary alicyclic amines) is 1. The Kier molecular flexibility index (Phi) is 9.20. The van der Waals surface area contributed by atoms with E-state index in [0.29, 0.717) is 11.3 Å². The molecule has 1 aliphatic heterocycles. The van der Waals surface area contributed by atoms with Crippen molar-refractivity contribution in [2.75, 3.05) is 12.8 Å². The summed E-state index contributed by atoms with van der Waals surface area (Å²) in [5.41, 5.74) is -1.42. The summed E-state index contributed by atoms with van der Waals surface area (Å²) in [5, 5.41) is 20.0. The van der Waals surface area contributed by atoms with E-state index in [1.807, 2.05) is 19.9 Å². The third kappa shape index (κ3) is 5.94. The summed E-state index contributed by atoms with van der Waals surface area (Å²) in [6.45, 7) is 8.25. The molecule has 1 aromatic carbocycles. The molecule has 10 nitrogen and oxygen atoms in total. The van der Waals surface area contributed by atoms with Crippen LogP contribution >= 0.6 is 0 Å². The molecule has 250 valence electrons. The zero-order chi connectivity index (χ0) is 35.2. The van der Waals surface area contributed by atoms with Gasteiger partial charge in [0.2, 0.25) is 0 Å². The van der Waals surface area contributed by atoms with Crippen LogP contribution in [0, 0.1) is 29.9 Å². The molecule has 1 saturated heterocycles. The Labute approximate surface area is 274 Å². The number of nitrogens with zero attached hydrogens (tertiary/aromatic N) is 5. The number of aromatic hydroxyl groups is 1. The molecule has 5 rings (SSSR count). The molecule has 4 aromatic rings. The Bertz CT molecular complexity index is 2190. The predicted molar refractivity (Wildman–Crippen MR) is 172 cm³/mol. The largest absolute Gasteiger partial charge is 0.507 e. The van der Waals surface area contributed by atoms with Crippen molar-refractivity contribution in [1.29, 1.82) is 5.26 Å². The number of phenolic OH excluding ortho intramolecular Hbond substituents is 1. The molecule has 14 heteroatoms. The highest BCUT2D eigenvalue weighted by atomic mass is 32.2. The molecule has 0 saturated carbocycles. The number of hydrogen-bond donors (Lipinski definition) is 1. The van der Waals surface area contributed by atoms with Crippen molar-refractivity contribution >= 4 is 26.8 Å². The van der Waals surface area contributed by atoms with Gasteiger partial charge in [0.1, 0.15) is 27.8 Å². The van der Waals surface area contributed by atoms with Gasteiger partial charge in [0.15, 0.2) is 21.5 Å². The minimum Gasteiger partial charge on any atom is -0.507 e. The van der Waals surface area contributed by atoms with Crippen LogP contribution in [0.5, 0.6) is 5.75 Å². The second-order valence-electron chi connectivity index (χ2n) is 12.1. The minimum atomic E-state index is -4.37. The fourth-order valence-corrected chi connectivity index (χ4v) is 7.58. The summed E-state index contributed by atoms with van der Waals surface area (Å²) in [4.78, 5) is 36.6. The van der Waals surface area contributed by atoms with E-state index in [2.05, 4.69) is 16.5 Å². The number of benzene rings is 1. The smallest absolute Gasteiger partial charge is 0.282 e. The van der Waals surface area contributed by atoms with E-state index in [4.69, 9.17) is 0 Å². The molecular weight excluding hydrogens is 647 g/mol. The normalized spacial score (nSPS) is 16.7. The van der Waals surface area contributed by atoms with Gasteiger partial charge in [-0.3, -0.25) is 19.1 Å². The maximum absolute atomic E-state index is 16.2. The number of sulfone groups is 1. The first-order valence-corrected chi connectivity index (χ1v) is 16.9. The molecule has 1 N–H and O–H groups in total. The molecule has 3 aromatic heterocycles. The fraction of sp³-hybridized carbons (Fsp3) is 0.324. The van der Waals surface area contributed by atoms with Crippen molar-refractivity contribution < 1.29 is 31.5 Å². The highest BCUT2D eigenvalue weighted by molar-refractivity contribution is 7.90. The summed E-state index contributed by atoms with van der Waals surface area (Å²) in [5.74, 6) is -6.10. The van der Waals surface area contributed by atoms with Crippen LogP contribution < -0.4 is 5.56 Å². The number of aryl methyl sites for hydroxylation is 1. The Morgan fingerprint density at radius 3 is 2.54 bits per heavy atom. The number of halogens is 3. The molecule has 4 heterocycles. The molecule has 0 aliphatic carbocycles. The van der Waals surface area contributed by atoms with Crippen LogP contribution in [-0.4, -0.2) is 57.7 Å². The van der Waals surface area contributed by atoms with Crippen molar-refractivity contribution in [2.45, 2.75) is 62.8 Å². The Hall–Kier alpha value is -5.03. The van der Waals surface area contributed by atoms with E-state index < -0.39 is 72.6 Å². The number of amides is 1. The van der Waals surface area contributed by atoms with Crippen molar-refractivity contribution in [3.63, 3.8) is 0 Å². The third-order valence-corrected chi connectivity index (χ3v) is 9.70. The number of fused-ring (bicyclic) bond motifs is 1. The number of phenols is 1. The number of pyridine rings is 3. The van der Waals surface area contributed by atoms with Crippen molar-refractivity contribution in [3.8, 4) is 28.8 Å². The number of rotatable bonds is 7. The van der Waals surface area contributed by atoms with Crippen LogP contribution in [0.4, 0.5) is 13.2 Å². The summed E-state index contributed by atoms with van der Waals surface area (Å²) in [6, 6.07) is 7.00. The Balaban J connectivity index is 1.95. The molecular formula is C34H32F3N5O5S. The van der Waals surface area contributed by atoms with Gasteiger partial charge < -0.3 is 10.0 Å². The second-order valence-corrected chi connectivity index (χ2v) is 14.1. The van der Waals surface area contributed by atoms with Crippen LogP contribution in [0.3, 0.4) is 0 Å². The highest BCUT2D eigenvalue weighted by Crippen LogP contribution is 2.42. The van der Waals surface area contributed by atoms with Crippen molar-refractivity contribution in [2.24, 2.45) is 0 Å². The standard InChI is InChI=1S/C34H32F3N5O5S/c1-17(2)28-30(18(3)10-13-39-28)42-32-22(16-24(37)29(40-32)27-23(36)7-6-8-25(27)43)26(31(34(42)45)48(5,46)47)20-11-14-41(33(44)19(4)35)21(15-20)9-12-38/h6-8,10,13,16-17,20-21,43H,4,9,11,14-15H2,1-3,5H3/t20?,21-/m0/s1. The predicted octanol–water partition coefficient (Wildman–Crippen LogP) is 5.74. The minimum absolute atomic E-state index is 0.0165. The zero-order valence-corrected chi connectivity index (χ0v) is 27.4. The average molecular weight is 680 g/mol.